The Kier molecular flexibility index (Phi) is 6.08. The second-order valence-electron chi connectivity index (χ2n) is 3.67. The van der Waals surface area contributed by atoms with Crippen molar-refractivity contribution in [2.24, 2.45) is 0 Å². The van der Waals surface area contributed by atoms with Gasteiger partial charge in [0.15, 0.2) is 5.16 Å². The standard InChI is InChI=1S/C11H19N3OS2/c1-5-12-9-6-10(14-11(13-9)16-4)17-8(3)7(2)15/h6-8,15H,5H2,1-4H3,(H,12,13,14). The molecule has 0 spiro atoms. The SMILES string of the molecule is CCNc1cc(SC(C)C(C)O)nc(SC)n1. The lowest BCUT2D eigenvalue weighted by Gasteiger charge is -2.14. The van der Waals surface area contributed by atoms with Crippen LogP contribution in [-0.4, -0.2) is 39.2 Å². The van der Waals surface area contributed by atoms with Crippen molar-refractivity contribution in [3.63, 3.8) is 0 Å². The molecule has 2 atom stereocenters. The first-order valence-corrected chi connectivity index (χ1v) is 7.69. The molecule has 1 aromatic rings. The first-order chi connectivity index (χ1) is 8.06. The summed E-state index contributed by atoms with van der Waals surface area (Å²) < 4.78 is 0. The Hall–Kier alpha value is -0.460. The molecule has 0 radical (unpaired) electrons. The number of aliphatic hydroxyl groups excluding tert-OH is 1. The Bertz CT molecular complexity index is 361. The van der Waals surface area contributed by atoms with E-state index in [4.69, 9.17) is 0 Å². The molecule has 0 aromatic carbocycles. The van der Waals surface area contributed by atoms with Crippen molar-refractivity contribution in [1.29, 1.82) is 0 Å². The molecule has 2 N–H and O–H groups in total. The fourth-order valence-electron chi connectivity index (χ4n) is 1.12. The summed E-state index contributed by atoms with van der Waals surface area (Å²) in [6, 6.07) is 1.92. The predicted molar refractivity (Wildman–Crippen MR) is 75.0 cm³/mol. The van der Waals surface area contributed by atoms with E-state index >= 15 is 0 Å². The van der Waals surface area contributed by atoms with Crippen molar-refractivity contribution in [2.45, 2.75) is 42.3 Å². The average Bonchev–Trinajstić information content (AvgIpc) is 2.28. The summed E-state index contributed by atoms with van der Waals surface area (Å²) in [5.74, 6) is 0.840. The molecular weight excluding hydrogens is 254 g/mol. The van der Waals surface area contributed by atoms with Crippen LogP contribution in [0.1, 0.15) is 20.8 Å². The Morgan fingerprint density at radius 1 is 1.41 bits per heavy atom. The van der Waals surface area contributed by atoms with E-state index in [9.17, 15) is 5.11 Å². The highest BCUT2D eigenvalue weighted by atomic mass is 32.2. The van der Waals surface area contributed by atoms with Gasteiger partial charge in [-0.25, -0.2) is 9.97 Å². The Labute approximate surface area is 111 Å². The van der Waals surface area contributed by atoms with Gasteiger partial charge in [-0.1, -0.05) is 18.7 Å². The number of hydrogen-bond acceptors (Lipinski definition) is 6. The second kappa shape index (κ2) is 7.08. The van der Waals surface area contributed by atoms with E-state index in [0.717, 1.165) is 22.5 Å². The fourth-order valence-corrected chi connectivity index (χ4v) is 2.45. The Morgan fingerprint density at radius 2 is 2.12 bits per heavy atom. The fraction of sp³-hybridized carbons (Fsp3) is 0.636. The second-order valence-corrected chi connectivity index (χ2v) is 5.84. The van der Waals surface area contributed by atoms with Gasteiger partial charge >= 0.3 is 0 Å². The molecule has 6 heteroatoms. The van der Waals surface area contributed by atoms with Crippen molar-refractivity contribution < 1.29 is 5.11 Å². The minimum absolute atomic E-state index is 0.120. The van der Waals surface area contributed by atoms with Crippen LogP contribution >= 0.6 is 23.5 Å². The van der Waals surface area contributed by atoms with E-state index in [1.807, 2.05) is 26.2 Å². The molecule has 0 saturated heterocycles. The Morgan fingerprint density at radius 3 is 2.65 bits per heavy atom. The molecule has 1 aromatic heterocycles. The van der Waals surface area contributed by atoms with Crippen molar-refractivity contribution in [1.82, 2.24) is 9.97 Å². The predicted octanol–water partition coefficient (Wildman–Crippen LogP) is 2.49. The maximum Gasteiger partial charge on any atom is 0.190 e. The molecule has 0 aliphatic rings. The quantitative estimate of drug-likeness (QED) is 0.472. The zero-order chi connectivity index (χ0) is 12.8. The van der Waals surface area contributed by atoms with Crippen LogP contribution in [0.25, 0.3) is 0 Å². The van der Waals surface area contributed by atoms with Gasteiger partial charge in [0.25, 0.3) is 0 Å². The van der Waals surface area contributed by atoms with Gasteiger partial charge in [0, 0.05) is 17.9 Å². The van der Waals surface area contributed by atoms with Crippen molar-refractivity contribution >= 4 is 29.3 Å². The maximum absolute atomic E-state index is 9.50. The number of aliphatic hydroxyl groups is 1. The number of anilines is 1. The van der Waals surface area contributed by atoms with Gasteiger partial charge in [-0.3, -0.25) is 0 Å². The highest BCUT2D eigenvalue weighted by Crippen LogP contribution is 2.26. The topological polar surface area (TPSA) is 58.0 Å². The number of rotatable bonds is 6. The van der Waals surface area contributed by atoms with E-state index in [2.05, 4.69) is 15.3 Å². The van der Waals surface area contributed by atoms with Crippen LogP contribution in [0.4, 0.5) is 5.82 Å². The lowest BCUT2D eigenvalue weighted by Crippen LogP contribution is -2.15. The van der Waals surface area contributed by atoms with Gasteiger partial charge in [0.1, 0.15) is 10.8 Å². The number of nitrogens with one attached hydrogen (secondary N) is 1. The molecule has 1 rings (SSSR count). The first kappa shape index (κ1) is 14.6. The summed E-state index contributed by atoms with van der Waals surface area (Å²) >= 11 is 3.09. The zero-order valence-electron chi connectivity index (χ0n) is 10.6. The molecule has 17 heavy (non-hydrogen) atoms. The van der Waals surface area contributed by atoms with Gasteiger partial charge < -0.3 is 10.4 Å². The number of hydrogen-bond donors (Lipinski definition) is 2. The van der Waals surface area contributed by atoms with Gasteiger partial charge in [-0.15, -0.1) is 11.8 Å². The van der Waals surface area contributed by atoms with Crippen LogP contribution in [-0.2, 0) is 0 Å². The van der Waals surface area contributed by atoms with Crippen LogP contribution < -0.4 is 5.32 Å². The molecule has 2 unspecified atom stereocenters. The Balaban J connectivity index is 2.86. The van der Waals surface area contributed by atoms with Crippen LogP contribution in [0.5, 0.6) is 0 Å². The van der Waals surface area contributed by atoms with Gasteiger partial charge in [0.2, 0.25) is 0 Å². The monoisotopic (exact) mass is 273 g/mol. The van der Waals surface area contributed by atoms with E-state index in [0.29, 0.717) is 0 Å². The zero-order valence-corrected chi connectivity index (χ0v) is 12.2. The summed E-state index contributed by atoms with van der Waals surface area (Å²) in [7, 11) is 0. The van der Waals surface area contributed by atoms with Gasteiger partial charge in [-0.05, 0) is 20.1 Å². The normalized spacial score (nSPS) is 14.4. The molecule has 0 bridgehead atoms. The average molecular weight is 273 g/mol. The molecule has 4 nitrogen and oxygen atoms in total. The van der Waals surface area contributed by atoms with Gasteiger partial charge in [-0.2, -0.15) is 0 Å². The third-order valence-electron chi connectivity index (χ3n) is 2.21. The molecule has 0 saturated carbocycles. The lowest BCUT2D eigenvalue weighted by molar-refractivity contribution is 0.196. The van der Waals surface area contributed by atoms with E-state index in [1.54, 1.807) is 18.7 Å². The summed E-state index contributed by atoms with van der Waals surface area (Å²) in [5, 5.41) is 14.5. The largest absolute Gasteiger partial charge is 0.392 e. The van der Waals surface area contributed by atoms with Crippen molar-refractivity contribution in [3.8, 4) is 0 Å². The minimum atomic E-state index is -0.352. The van der Waals surface area contributed by atoms with Crippen molar-refractivity contribution in [2.75, 3.05) is 18.1 Å². The minimum Gasteiger partial charge on any atom is -0.392 e. The smallest absolute Gasteiger partial charge is 0.190 e. The molecule has 96 valence electrons. The summed E-state index contributed by atoms with van der Waals surface area (Å²) in [4.78, 5) is 8.78. The van der Waals surface area contributed by atoms with Gasteiger partial charge in [0.05, 0.1) is 6.10 Å². The first-order valence-electron chi connectivity index (χ1n) is 5.58. The molecule has 1 heterocycles. The molecule has 0 aliphatic heterocycles. The summed E-state index contributed by atoms with van der Waals surface area (Å²) in [6.45, 7) is 6.65. The molecular formula is C11H19N3OS2. The van der Waals surface area contributed by atoms with Crippen LogP contribution in [0.2, 0.25) is 0 Å². The number of nitrogens with zero attached hydrogens (tertiary/aromatic N) is 2. The number of aromatic nitrogens is 2. The van der Waals surface area contributed by atoms with E-state index in [-0.39, 0.29) is 11.4 Å². The van der Waals surface area contributed by atoms with Crippen molar-refractivity contribution in [3.05, 3.63) is 6.07 Å². The summed E-state index contributed by atoms with van der Waals surface area (Å²) in [6.07, 6.45) is 1.60. The molecule has 0 amide bonds. The molecule has 0 aliphatic carbocycles. The lowest BCUT2D eigenvalue weighted by atomic mass is 10.3. The van der Waals surface area contributed by atoms with E-state index < -0.39 is 0 Å². The third-order valence-corrected chi connectivity index (χ3v) is 3.97. The number of thioether (sulfide) groups is 2. The third kappa shape index (κ3) is 4.73. The van der Waals surface area contributed by atoms with E-state index in [1.165, 1.54) is 11.8 Å². The molecule has 0 fully saturated rings. The summed E-state index contributed by atoms with van der Waals surface area (Å²) in [5.41, 5.74) is 0. The maximum atomic E-state index is 9.50. The highest BCUT2D eigenvalue weighted by Gasteiger charge is 2.13. The van der Waals surface area contributed by atoms with Crippen LogP contribution in [0.15, 0.2) is 16.2 Å². The van der Waals surface area contributed by atoms with Crippen LogP contribution in [0.3, 0.4) is 0 Å². The van der Waals surface area contributed by atoms with Crippen LogP contribution in [0, 0.1) is 0 Å². The highest BCUT2D eigenvalue weighted by molar-refractivity contribution is 8.00.